The molecule has 1 rings (SSSR count). The van der Waals surface area contributed by atoms with Crippen molar-refractivity contribution in [3.8, 4) is 0 Å². The van der Waals surface area contributed by atoms with E-state index in [0.29, 0.717) is 5.69 Å². The van der Waals surface area contributed by atoms with Crippen LogP contribution in [0.1, 0.15) is 5.69 Å². The summed E-state index contributed by atoms with van der Waals surface area (Å²) in [6.45, 7) is 0.848. The van der Waals surface area contributed by atoms with E-state index < -0.39 is 22.7 Å². The topological polar surface area (TPSA) is 115 Å². The van der Waals surface area contributed by atoms with Crippen molar-refractivity contribution in [2.75, 3.05) is 13.2 Å². The third-order valence-corrected chi connectivity index (χ3v) is 3.33. The second-order valence-electron chi connectivity index (χ2n) is 3.05. The SMILES string of the molecule is Cc1[nH]ncc1S(=O)(=O)NCC(O)CO. The fraction of sp³-hybridized carbons (Fsp3) is 0.571. The molecule has 0 aliphatic carbocycles. The van der Waals surface area contributed by atoms with E-state index >= 15 is 0 Å². The van der Waals surface area contributed by atoms with Crippen LogP contribution >= 0.6 is 0 Å². The Morgan fingerprint density at radius 2 is 2.33 bits per heavy atom. The number of nitrogens with zero attached hydrogens (tertiary/aromatic N) is 1. The normalized spacial score (nSPS) is 14.1. The summed E-state index contributed by atoms with van der Waals surface area (Å²) >= 11 is 0. The molecule has 1 unspecified atom stereocenters. The van der Waals surface area contributed by atoms with Gasteiger partial charge in [-0.15, -0.1) is 0 Å². The summed E-state index contributed by atoms with van der Waals surface area (Å²) in [4.78, 5) is 0.0349. The Labute approximate surface area is 87.2 Å². The zero-order valence-corrected chi connectivity index (χ0v) is 8.95. The number of aromatic amines is 1. The van der Waals surface area contributed by atoms with E-state index in [0.717, 1.165) is 0 Å². The van der Waals surface area contributed by atoms with E-state index in [4.69, 9.17) is 10.2 Å². The lowest BCUT2D eigenvalue weighted by atomic mass is 10.4. The van der Waals surface area contributed by atoms with Gasteiger partial charge in [-0.1, -0.05) is 0 Å². The molecule has 1 atom stereocenters. The molecule has 4 N–H and O–H groups in total. The largest absolute Gasteiger partial charge is 0.394 e. The summed E-state index contributed by atoms with van der Waals surface area (Å²) in [7, 11) is -3.67. The summed E-state index contributed by atoms with van der Waals surface area (Å²) in [6.07, 6.45) is 0.0789. The summed E-state index contributed by atoms with van der Waals surface area (Å²) < 4.78 is 25.3. The fourth-order valence-corrected chi connectivity index (χ4v) is 2.17. The molecule has 0 aromatic carbocycles. The van der Waals surface area contributed by atoms with Crippen molar-refractivity contribution in [1.29, 1.82) is 0 Å². The van der Waals surface area contributed by atoms with Gasteiger partial charge in [0.25, 0.3) is 0 Å². The number of H-pyrrole nitrogens is 1. The first kappa shape index (κ1) is 12.1. The van der Waals surface area contributed by atoms with Gasteiger partial charge < -0.3 is 10.2 Å². The maximum Gasteiger partial charge on any atom is 0.244 e. The first-order valence-corrected chi connectivity index (χ1v) is 5.74. The molecule has 8 heteroatoms. The Bertz CT molecular complexity index is 414. The molecule has 1 aromatic rings. The number of aliphatic hydroxyl groups is 2. The van der Waals surface area contributed by atoms with Crippen molar-refractivity contribution >= 4 is 10.0 Å². The van der Waals surface area contributed by atoms with Crippen LogP contribution in [0.15, 0.2) is 11.1 Å². The lowest BCUT2D eigenvalue weighted by Gasteiger charge is -2.08. The summed E-state index contributed by atoms with van der Waals surface area (Å²) in [5.74, 6) is 0. The van der Waals surface area contributed by atoms with Gasteiger partial charge in [-0.2, -0.15) is 5.10 Å². The van der Waals surface area contributed by atoms with Crippen LogP contribution in [0.2, 0.25) is 0 Å². The molecule has 1 aromatic heterocycles. The average Bonchev–Trinajstić information content (AvgIpc) is 2.61. The smallest absolute Gasteiger partial charge is 0.244 e. The highest BCUT2D eigenvalue weighted by Gasteiger charge is 2.19. The number of hydrogen-bond donors (Lipinski definition) is 4. The van der Waals surface area contributed by atoms with E-state index in [9.17, 15) is 8.42 Å². The molecule has 0 aliphatic rings. The molecule has 0 bridgehead atoms. The Balaban J connectivity index is 2.73. The predicted molar refractivity (Wildman–Crippen MR) is 51.6 cm³/mol. The van der Waals surface area contributed by atoms with Crippen LogP contribution < -0.4 is 4.72 Å². The number of aliphatic hydroxyl groups excluding tert-OH is 2. The van der Waals surface area contributed by atoms with Gasteiger partial charge in [0.1, 0.15) is 4.90 Å². The molecule has 86 valence electrons. The first-order chi connectivity index (χ1) is 6.97. The number of aryl methyl sites for hydroxylation is 1. The summed E-state index contributed by atoms with van der Waals surface area (Å²) in [5.41, 5.74) is 0.418. The van der Waals surface area contributed by atoms with E-state index in [1.807, 2.05) is 0 Å². The molecular formula is C7H13N3O4S. The molecule has 0 fully saturated rings. The van der Waals surface area contributed by atoms with Gasteiger partial charge in [0.15, 0.2) is 0 Å². The highest BCUT2D eigenvalue weighted by molar-refractivity contribution is 7.89. The number of sulfonamides is 1. The number of aromatic nitrogens is 2. The van der Waals surface area contributed by atoms with Crippen LogP contribution in [0.4, 0.5) is 0 Å². The molecule has 0 radical (unpaired) electrons. The second-order valence-corrected chi connectivity index (χ2v) is 4.78. The maximum atomic E-state index is 11.6. The molecular weight excluding hydrogens is 222 g/mol. The zero-order valence-electron chi connectivity index (χ0n) is 8.14. The minimum atomic E-state index is -3.67. The van der Waals surface area contributed by atoms with Gasteiger partial charge in [0.2, 0.25) is 10.0 Å². The van der Waals surface area contributed by atoms with Gasteiger partial charge >= 0.3 is 0 Å². The minimum absolute atomic E-state index is 0.0349. The number of rotatable bonds is 5. The Morgan fingerprint density at radius 3 is 2.80 bits per heavy atom. The second kappa shape index (κ2) is 4.71. The lowest BCUT2D eigenvalue weighted by Crippen LogP contribution is -2.34. The third-order valence-electron chi connectivity index (χ3n) is 1.79. The zero-order chi connectivity index (χ0) is 11.5. The average molecular weight is 235 g/mol. The fourth-order valence-electron chi connectivity index (χ4n) is 0.959. The van der Waals surface area contributed by atoms with Crippen LogP contribution in [0, 0.1) is 6.92 Å². The van der Waals surface area contributed by atoms with Crippen molar-refractivity contribution in [2.24, 2.45) is 0 Å². The van der Waals surface area contributed by atoms with Crippen LogP contribution in [0.5, 0.6) is 0 Å². The molecule has 0 saturated heterocycles. The van der Waals surface area contributed by atoms with E-state index in [1.54, 1.807) is 6.92 Å². The summed E-state index contributed by atoms with van der Waals surface area (Å²) in [5, 5.41) is 23.6. The van der Waals surface area contributed by atoms with E-state index in [2.05, 4.69) is 14.9 Å². The van der Waals surface area contributed by atoms with Gasteiger partial charge in [0, 0.05) is 6.54 Å². The van der Waals surface area contributed by atoms with Crippen LogP contribution in [-0.4, -0.2) is 48.1 Å². The molecule has 0 aliphatic heterocycles. The number of hydrogen-bond acceptors (Lipinski definition) is 5. The van der Waals surface area contributed by atoms with Gasteiger partial charge in [-0.25, -0.2) is 13.1 Å². The highest BCUT2D eigenvalue weighted by atomic mass is 32.2. The van der Waals surface area contributed by atoms with Crippen LogP contribution in [-0.2, 0) is 10.0 Å². The van der Waals surface area contributed by atoms with Crippen molar-refractivity contribution in [3.05, 3.63) is 11.9 Å². The summed E-state index contributed by atoms with van der Waals surface area (Å²) in [6, 6.07) is 0. The highest BCUT2D eigenvalue weighted by Crippen LogP contribution is 2.10. The van der Waals surface area contributed by atoms with Gasteiger partial charge in [-0.05, 0) is 6.92 Å². The third kappa shape index (κ3) is 2.99. The molecule has 0 spiro atoms. The predicted octanol–water partition coefficient (Wildman–Crippen LogP) is -1.65. The van der Waals surface area contributed by atoms with Crippen molar-refractivity contribution in [3.63, 3.8) is 0 Å². The lowest BCUT2D eigenvalue weighted by molar-refractivity contribution is 0.0988. The molecule has 15 heavy (non-hydrogen) atoms. The Hall–Kier alpha value is -0.960. The minimum Gasteiger partial charge on any atom is -0.394 e. The van der Waals surface area contributed by atoms with Crippen molar-refractivity contribution in [2.45, 2.75) is 17.9 Å². The van der Waals surface area contributed by atoms with Gasteiger partial charge in [-0.3, -0.25) is 5.10 Å². The molecule has 1 heterocycles. The Kier molecular flexibility index (Phi) is 3.80. The van der Waals surface area contributed by atoms with E-state index in [-0.39, 0.29) is 11.4 Å². The quantitative estimate of drug-likeness (QED) is 0.488. The standard InChI is InChI=1S/C7H13N3O4S/c1-5-7(3-8-10-5)15(13,14)9-2-6(12)4-11/h3,6,9,11-12H,2,4H2,1H3,(H,8,10). The van der Waals surface area contributed by atoms with Gasteiger partial charge in [0.05, 0.1) is 24.6 Å². The maximum absolute atomic E-state index is 11.6. The van der Waals surface area contributed by atoms with E-state index in [1.165, 1.54) is 6.20 Å². The Morgan fingerprint density at radius 1 is 1.67 bits per heavy atom. The first-order valence-electron chi connectivity index (χ1n) is 4.26. The van der Waals surface area contributed by atoms with Crippen LogP contribution in [0.3, 0.4) is 0 Å². The molecule has 0 amide bonds. The number of nitrogens with one attached hydrogen (secondary N) is 2. The molecule has 7 nitrogen and oxygen atoms in total. The van der Waals surface area contributed by atoms with Crippen molar-refractivity contribution < 1.29 is 18.6 Å². The van der Waals surface area contributed by atoms with Crippen LogP contribution in [0.25, 0.3) is 0 Å². The monoisotopic (exact) mass is 235 g/mol. The molecule has 0 saturated carbocycles. The van der Waals surface area contributed by atoms with Crippen molar-refractivity contribution in [1.82, 2.24) is 14.9 Å².